The Hall–Kier alpha value is -2.43. The Morgan fingerprint density at radius 3 is 0.855 bits per heavy atom. The second kappa shape index (κ2) is 44.1. The molecule has 0 saturated heterocycles. The van der Waals surface area contributed by atoms with Gasteiger partial charge in [0.05, 0.1) is 194 Å². The minimum Gasteiger partial charge on any atom is -0.396 e. The number of rotatable bonds is 48. The number of amides is 3. The third-order valence-electron chi connectivity index (χ3n) is 15.5. The summed E-state index contributed by atoms with van der Waals surface area (Å²) >= 11 is 0. The van der Waals surface area contributed by atoms with Crippen LogP contribution in [0.4, 0.5) is 0 Å². The molecule has 12 N–H and O–H groups in total. The number of hydrogen-bond donors (Lipinski definition) is 12. The van der Waals surface area contributed by atoms with Crippen molar-refractivity contribution >= 4 is 17.7 Å². The molecular weight excluding hydrogens is 1100 g/mol. The largest absolute Gasteiger partial charge is 0.396 e. The van der Waals surface area contributed by atoms with Gasteiger partial charge in [0.1, 0.15) is 0 Å². The monoisotopic (exact) mass is 1200 g/mol. The van der Waals surface area contributed by atoms with Gasteiger partial charge in [0.2, 0.25) is 17.7 Å². The summed E-state index contributed by atoms with van der Waals surface area (Å²) in [5, 5.41) is 98.0. The summed E-state index contributed by atoms with van der Waals surface area (Å²) in [6.07, 6.45) is -5.15. The molecule has 3 fully saturated rings. The molecule has 0 aliphatic heterocycles. The standard InChI is InChI=1S/C56H105N3O24/c1-38-44(29-41(32-60)53(69)50(38)66)81-26-23-75-20-17-72-14-8-57-47(63)5-11-78-35-56(4,36-79-12-6-48(64)58-9-15-73-18-21-76-24-27-82-45-30-42(33-61)54(70)51(67)39(45)2)37-80-13-7-49(65)59-10-16-74-19-22-77-25-28-83-46-31-43(34-62)55(71)52(68)40(46)3/h38-46,50-55,60-62,66-71H,5-37H2,1-4H3,(H,57,63)(H,58,64)(H,59,65). The fourth-order valence-electron chi connectivity index (χ4n) is 9.96. The average Bonchev–Trinajstić information content (AvgIpc) is 3.53. The predicted octanol–water partition coefficient (Wildman–Crippen LogP) is -3.07. The molecule has 3 aliphatic rings. The van der Waals surface area contributed by atoms with Gasteiger partial charge in [-0.2, -0.15) is 0 Å². The van der Waals surface area contributed by atoms with Crippen LogP contribution in [0, 0.1) is 40.9 Å². The van der Waals surface area contributed by atoms with E-state index in [4.69, 9.17) is 56.8 Å². The Balaban J connectivity index is 1.26. The summed E-state index contributed by atoms with van der Waals surface area (Å²) < 4.78 is 68.6. The highest BCUT2D eigenvalue weighted by atomic mass is 16.6. The van der Waals surface area contributed by atoms with Gasteiger partial charge in [-0.05, 0) is 19.3 Å². The zero-order chi connectivity index (χ0) is 60.8. The van der Waals surface area contributed by atoms with Crippen molar-refractivity contribution in [3.8, 4) is 0 Å². The van der Waals surface area contributed by atoms with Crippen LogP contribution in [-0.4, -0.2) is 297 Å². The molecule has 0 aromatic rings. The molecule has 0 aromatic heterocycles. The van der Waals surface area contributed by atoms with Crippen LogP contribution < -0.4 is 16.0 Å². The molecule has 0 bridgehead atoms. The zero-order valence-electron chi connectivity index (χ0n) is 49.6. The van der Waals surface area contributed by atoms with Crippen LogP contribution in [0.3, 0.4) is 0 Å². The molecule has 27 heteroatoms. The van der Waals surface area contributed by atoms with Crippen LogP contribution in [0.15, 0.2) is 0 Å². The Kier molecular flexibility index (Phi) is 39.7. The molecule has 3 rings (SSSR count). The Morgan fingerprint density at radius 2 is 0.602 bits per heavy atom. The van der Waals surface area contributed by atoms with Gasteiger partial charge < -0.3 is 119 Å². The maximum Gasteiger partial charge on any atom is 0.222 e. The van der Waals surface area contributed by atoms with Crippen LogP contribution in [0.25, 0.3) is 0 Å². The lowest BCUT2D eigenvalue weighted by molar-refractivity contribution is -0.148. The van der Waals surface area contributed by atoms with E-state index in [2.05, 4.69) is 16.0 Å². The molecule has 0 radical (unpaired) electrons. The van der Waals surface area contributed by atoms with Crippen molar-refractivity contribution in [2.24, 2.45) is 40.9 Å². The van der Waals surface area contributed by atoms with Gasteiger partial charge in [-0.3, -0.25) is 14.4 Å². The van der Waals surface area contributed by atoms with Crippen molar-refractivity contribution in [2.45, 2.75) is 121 Å². The summed E-state index contributed by atoms with van der Waals surface area (Å²) in [6, 6.07) is 0. The predicted molar refractivity (Wildman–Crippen MR) is 297 cm³/mol. The van der Waals surface area contributed by atoms with E-state index in [0.717, 1.165) is 0 Å². The van der Waals surface area contributed by atoms with Crippen molar-refractivity contribution in [1.29, 1.82) is 0 Å². The molecule has 15 unspecified atom stereocenters. The first kappa shape index (κ1) is 74.8. The van der Waals surface area contributed by atoms with Gasteiger partial charge in [0.15, 0.2) is 0 Å². The van der Waals surface area contributed by atoms with Gasteiger partial charge in [0, 0.05) is 99.6 Å². The molecular formula is C56H105N3O24. The first-order chi connectivity index (χ1) is 40.0. The number of carbonyl (C=O) groups is 3. The number of ether oxygens (including phenoxy) is 12. The number of carbonyl (C=O) groups excluding carboxylic acids is 3. The van der Waals surface area contributed by atoms with Crippen LogP contribution in [0.5, 0.6) is 0 Å². The summed E-state index contributed by atoms with van der Waals surface area (Å²) in [6.45, 7) is 12.7. The SMILES string of the molecule is CC1C(OCCOCCOCCNC(=O)CCOCC(C)(COCCC(=O)NCCOCCOCCOC2CC(CO)C(O)C(O)C2C)COCCC(=O)NCCOCCOCCOC2CC(CO)C(O)C(O)C2C)CC(CO)C(O)C1O. The number of nitrogens with one attached hydrogen (secondary N) is 3. The first-order valence-electron chi connectivity index (χ1n) is 29.7. The lowest BCUT2D eigenvalue weighted by Gasteiger charge is -2.40. The first-order valence-corrected chi connectivity index (χ1v) is 29.7. The topological polar surface area (TPSA) is 380 Å². The third kappa shape index (κ3) is 29.9. The minimum absolute atomic E-state index is 0.0892. The summed E-state index contributed by atoms with van der Waals surface area (Å²) in [5.41, 5.74) is -0.703. The second-order valence-corrected chi connectivity index (χ2v) is 22.2. The fourth-order valence-corrected chi connectivity index (χ4v) is 9.96. The normalized spacial score (nSPS) is 29.1. The summed E-state index contributed by atoms with van der Waals surface area (Å²) in [7, 11) is 0. The van der Waals surface area contributed by atoms with E-state index in [9.17, 15) is 60.3 Å². The third-order valence-corrected chi connectivity index (χ3v) is 15.5. The van der Waals surface area contributed by atoms with E-state index in [1.54, 1.807) is 20.8 Å². The molecule has 488 valence electrons. The van der Waals surface area contributed by atoms with Crippen molar-refractivity contribution in [1.82, 2.24) is 16.0 Å². The highest BCUT2D eigenvalue weighted by molar-refractivity contribution is 5.76. The lowest BCUT2D eigenvalue weighted by atomic mass is 9.77. The minimum atomic E-state index is -0.980. The highest BCUT2D eigenvalue weighted by Crippen LogP contribution is 2.34. The zero-order valence-corrected chi connectivity index (χ0v) is 49.6. The van der Waals surface area contributed by atoms with Gasteiger partial charge in [-0.25, -0.2) is 0 Å². The molecule has 3 saturated carbocycles. The molecule has 0 aromatic carbocycles. The molecule has 0 spiro atoms. The van der Waals surface area contributed by atoms with Crippen molar-refractivity contribution in [3.63, 3.8) is 0 Å². The van der Waals surface area contributed by atoms with Gasteiger partial charge in [-0.15, -0.1) is 0 Å². The quantitative estimate of drug-likeness (QED) is 0.0269. The van der Waals surface area contributed by atoms with Gasteiger partial charge >= 0.3 is 0 Å². The maximum atomic E-state index is 12.6. The summed E-state index contributed by atoms with van der Waals surface area (Å²) in [4.78, 5) is 37.7. The molecule has 3 aliphatic carbocycles. The molecule has 27 nitrogen and oxygen atoms in total. The van der Waals surface area contributed by atoms with E-state index >= 15 is 0 Å². The van der Waals surface area contributed by atoms with E-state index in [-0.39, 0.29) is 192 Å². The second-order valence-electron chi connectivity index (χ2n) is 22.2. The summed E-state index contributed by atoms with van der Waals surface area (Å²) in [5.74, 6) is -2.85. The molecule has 0 heterocycles. The van der Waals surface area contributed by atoms with E-state index in [1.807, 2.05) is 6.92 Å². The number of hydrogen-bond acceptors (Lipinski definition) is 24. The smallest absolute Gasteiger partial charge is 0.222 e. The fraction of sp³-hybridized carbons (Fsp3) is 0.946. The average molecular weight is 1200 g/mol. The molecule has 83 heavy (non-hydrogen) atoms. The van der Waals surface area contributed by atoms with Crippen LogP contribution >= 0.6 is 0 Å². The van der Waals surface area contributed by atoms with E-state index in [0.29, 0.717) is 78.7 Å². The van der Waals surface area contributed by atoms with E-state index in [1.165, 1.54) is 0 Å². The molecule has 3 amide bonds. The Labute approximate surface area is 489 Å². The number of aliphatic hydroxyl groups is 9. The van der Waals surface area contributed by atoms with Crippen molar-refractivity contribution in [2.75, 3.05) is 178 Å². The maximum absolute atomic E-state index is 12.6. The van der Waals surface area contributed by atoms with Crippen molar-refractivity contribution < 1.29 is 117 Å². The van der Waals surface area contributed by atoms with Crippen molar-refractivity contribution in [3.05, 3.63) is 0 Å². The Bertz CT molecular complexity index is 1490. The number of aliphatic hydroxyl groups excluding tert-OH is 9. The van der Waals surface area contributed by atoms with Gasteiger partial charge in [0.25, 0.3) is 0 Å². The van der Waals surface area contributed by atoms with E-state index < -0.39 is 59.8 Å². The lowest BCUT2D eigenvalue weighted by Crippen LogP contribution is -2.51. The molecule has 15 atom stereocenters. The highest BCUT2D eigenvalue weighted by Gasteiger charge is 2.43. The van der Waals surface area contributed by atoms with Crippen LogP contribution in [0.2, 0.25) is 0 Å². The Morgan fingerprint density at radius 1 is 0.361 bits per heavy atom. The van der Waals surface area contributed by atoms with Crippen LogP contribution in [0.1, 0.15) is 66.2 Å². The van der Waals surface area contributed by atoms with Gasteiger partial charge in [-0.1, -0.05) is 27.7 Å². The van der Waals surface area contributed by atoms with Crippen LogP contribution in [-0.2, 0) is 71.2 Å².